The van der Waals surface area contributed by atoms with Crippen molar-refractivity contribution in [1.82, 2.24) is 5.32 Å². The molecule has 5 heteroatoms. The second-order valence-electron chi connectivity index (χ2n) is 6.98. The molecule has 2 fully saturated rings. The van der Waals surface area contributed by atoms with Crippen LogP contribution in [0.4, 0.5) is 4.79 Å². The quantitative estimate of drug-likeness (QED) is 0.825. The lowest BCUT2D eigenvalue weighted by Crippen LogP contribution is -2.47. The SMILES string of the molecule is CC(C)(C)OC(=O)NC1CC2CCC1(CC(=O)O)C2. The van der Waals surface area contributed by atoms with Gasteiger partial charge in [-0.1, -0.05) is 0 Å². The van der Waals surface area contributed by atoms with E-state index in [0.717, 1.165) is 25.7 Å². The van der Waals surface area contributed by atoms with Gasteiger partial charge in [-0.25, -0.2) is 4.79 Å². The first kappa shape index (κ1) is 14.2. The van der Waals surface area contributed by atoms with E-state index in [1.165, 1.54) is 0 Å². The van der Waals surface area contributed by atoms with Gasteiger partial charge in [-0.05, 0) is 52.4 Å². The standard InChI is InChI=1S/C14H23NO4/c1-13(2,3)19-12(18)15-10-6-9-4-5-14(10,7-9)8-11(16)17/h9-10H,4-8H2,1-3H3,(H,15,18)(H,16,17). The lowest BCUT2D eigenvalue weighted by atomic mass is 9.77. The minimum absolute atomic E-state index is 0.0581. The fraction of sp³-hybridized carbons (Fsp3) is 0.857. The summed E-state index contributed by atoms with van der Waals surface area (Å²) in [6, 6.07) is -0.0581. The van der Waals surface area contributed by atoms with Crippen molar-refractivity contribution in [3.8, 4) is 0 Å². The van der Waals surface area contributed by atoms with Crippen molar-refractivity contribution in [2.75, 3.05) is 0 Å². The molecule has 2 N–H and O–H groups in total. The summed E-state index contributed by atoms with van der Waals surface area (Å²) in [6.07, 6.45) is 3.48. The topological polar surface area (TPSA) is 75.6 Å². The van der Waals surface area contributed by atoms with E-state index < -0.39 is 17.7 Å². The van der Waals surface area contributed by atoms with Crippen LogP contribution in [0.3, 0.4) is 0 Å². The average Bonchev–Trinajstić information content (AvgIpc) is 2.69. The number of alkyl carbamates (subject to hydrolysis) is 1. The second kappa shape index (κ2) is 4.69. The molecule has 2 bridgehead atoms. The number of ether oxygens (including phenoxy) is 1. The third-order valence-electron chi connectivity index (χ3n) is 4.25. The molecule has 0 aromatic carbocycles. The molecule has 2 aliphatic carbocycles. The van der Waals surface area contributed by atoms with Crippen LogP contribution in [0.2, 0.25) is 0 Å². The Morgan fingerprint density at radius 1 is 1.42 bits per heavy atom. The fourth-order valence-electron chi connectivity index (χ4n) is 3.62. The number of carbonyl (C=O) groups is 2. The van der Waals surface area contributed by atoms with E-state index in [1.807, 2.05) is 20.8 Å². The lowest BCUT2D eigenvalue weighted by molar-refractivity contribution is -0.140. The minimum atomic E-state index is -0.779. The molecule has 0 spiro atoms. The van der Waals surface area contributed by atoms with Crippen LogP contribution in [0.15, 0.2) is 0 Å². The van der Waals surface area contributed by atoms with E-state index in [-0.39, 0.29) is 17.9 Å². The maximum absolute atomic E-state index is 11.8. The first-order valence-corrected chi connectivity index (χ1v) is 6.91. The number of fused-ring (bicyclic) bond motifs is 2. The van der Waals surface area contributed by atoms with Gasteiger partial charge in [-0.15, -0.1) is 0 Å². The van der Waals surface area contributed by atoms with Gasteiger partial charge < -0.3 is 15.2 Å². The van der Waals surface area contributed by atoms with E-state index in [4.69, 9.17) is 9.84 Å². The number of carboxylic acid groups (broad SMARTS) is 1. The van der Waals surface area contributed by atoms with Crippen molar-refractivity contribution in [3.05, 3.63) is 0 Å². The van der Waals surface area contributed by atoms with Gasteiger partial charge in [0.05, 0.1) is 6.42 Å². The molecule has 2 aliphatic rings. The Labute approximate surface area is 113 Å². The second-order valence-corrected chi connectivity index (χ2v) is 6.98. The van der Waals surface area contributed by atoms with Crippen LogP contribution in [0.1, 0.15) is 52.9 Å². The van der Waals surface area contributed by atoms with Crippen molar-refractivity contribution in [1.29, 1.82) is 0 Å². The number of hydrogen-bond donors (Lipinski definition) is 2. The third kappa shape index (κ3) is 3.19. The van der Waals surface area contributed by atoms with Crippen molar-refractivity contribution in [3.63, 3.8) is 0 Å². The predicted octanol–water partition coefficient (Wildman–Crippen LogP) is 2.54. The number of carbonyl (C=O) groups excluding carboxylic acids is 1. The summed E-state index contributed by atoms with van der Waals surface area (Å²) < 4.78 is 5.26. The number of hydrogen-bond acceptors (Lipinski definition) is 3. The van der Waals surface area contributed by atoms with Crippen molar-refractivity contribution >= 4 is 12.1 Å². The van der Waals surface area contributed by atoms with Crippen LogP contribution in [-0.4, -0.2) is 28.8 Å². The molecule has 1 amide bonds. The zero-order valence-electron chi connectivity index (χ0n) is 11.9. The molecule has 2 saturated carbocycles. The number of carboxylic acids is 1. The lowest BCUT2D eigenvalue weighted by Gasteiger charge is -2.34. The smallest absolute Gasteiger partial charge is 0.407 e. The van der Waals surface area contributed by atoms with Crippen LogP contribution in [-0.2, 0) is 9.53 Å². The van der Waals surface area contributed by atoms with Crippen LogP contribution in [0.25, 0.3) is 0 Å². The highest BCUT2D eigenvalue weighted by Crippen LogP contribution is 2.56. The number of rotatable bonds is 3. The Kier molecular flexibility index (Phi) is 3.49. The van der Waals surface area contributed by atoms with Gasteiger partial charge >= 0.3 is 12.1 Å². The molecule has 19 heavy (non-hydrogen) atoms. The molecule has 0 aromatic rings. The summed E-state index contributed by atoms with van der Waals surface area (Å²) in [4.78, 5) is 22.9. The highest BCUT2D eigenvalue weighted by molar-refractivity contribution is 5.70. The highest BCUT2D eigenvalue weighted by Gasteiger charge is 2.53. The van der Waals surface area contributed by atoms with Gasteiger partial charge in [0.15, 0.2) is 0 Å². The number of aliphatic carboxylic acids is 1. The molecule has 3 atom stereocenters. The predicted molar refractivity (Wildman–Crippen MR) is 69.8 cm³/mol. The summed E-state index contributed by atoms with van der Waals surface area (Å²) in [6.45, 7) is 5.46. The molecular weight excluding hydrogens is 246 g/mol. The van der Waals surface area contributed by atoms with E-state index in [0.29, 0.717) is 5.92 Å². The largest absolute Gasteiger partial charge is 0.481 e. The van der Waals surface area contributed by atoms with Crippen LogP contribution < -0.4 is 5.32 Å². The summed E-state index contributed by atoms with van der Waals surface area (Å²) >= 11 is 0. The molecule has 0 saturated heterocycles. The first-order valence-electron chi connectivity index (χ1n) is 6.91. The Bertz CT molecular complexity index is 387. The van der Waals surface area contributed by atoms with E-state index in [9.17, 15) is 9.59 Å². The molecule has 5 nitrogen and oxygen atoms in total. The molecule has 0 aromatic heterocycles. The Morgan fingerprint density at radius 3 is 2.63 bits per heavy atom. The Balaban J connectivity index is 2.00. The highest BCUT2D eigenvalue weighted by atomic mass is 16.6. The van der Waals surface area contributed by atoms with Gasteiger partial charge in [-0.3, -0.25) is 4.79 Å². The monoisotopic (exact) mass is 269 g/mol. The molecular formula is C14H23NO4. The van der Waals surface area contributed by atoms with Crippen molar-refractivity contribution in [2.24, 2.45) is 11.3 Å². The number of amides is 1. The summed E-state index contributed by atoms with van der Waals surface area (Å²) in [7, 11) is 0. The van der Waals surface area contributed by atoms with Gasteiger partial charge in [0.25, 0.3) is 0 Å². The number of nitrogens with one attached hydrogen (secondary N) is 1. The summed E-state index contributed by atoms with van der Waals surface area (Å²) in [5.41, 5.74) is -0.783. The van der Waals surface area contributed by atoms with E-state index in [2.05, 4.69) is 5.32 Å². The maximum Gasteiger partial charge on any atom is 0.407 e. The van der Waals surface area contributed by atoms with Gasteiger partial charge in [0.2, 0.25) is 0 Å². The third-order valence-corrected chi connectivity index (χ3v) is 4.25. The maximum atomic E-state index is 11.8. The molecule has 3 unspecified atom stereocenters. The average molecular weight is 269 g/mol. The van der Waals surface area contributed by atoms with Crippen LogP contribution >= 0.6 is 0 Å². The normalized spacial score (nSPS) is 33.2. The van der Waals surface area contributed by atoms with Gasteiger partial charge in [0.1, 0.15) is 5.60 Å². The Hall–Kier alpha value is -1.26. The van der Waals surface area contributed by atoms with E-state index in [1.54, 1.807) is 0 Å². The fourth-order valence-corrected chi connectivity index (χ4v) is 3.62. The zero-order valence-corrected chi connectivity index (χ0v) is 11.9. The molecule has 0 radical (unpaired) electrons. The van der Waals surface area contributed by atoms with Crippen molar-refractivity contribution < 1.29 is 19.4 Å². The van der Waals surface area contributed by atoms with Gasteiger partial charge in [-0.2, -0.15) is 0 Å². The Morgan fingerprint density at radius 2 is 2.11 bits per heavy atom. The zero-order chi connectivity index (χ0) is 14.3. The first-order chi connectivity index (χ1) is 8.70. The molecule has 108 valence electrons. The molecule has 0 heterocycles. The van der Waals surface area contributed by atoms with Crippen LogP contribution in [0, 0.1) is 11.3 Å². The van der Waals surface area contributed by atoms with Crippen LogP contribution in [0.5, 0.6) is 0 Å². The van der Waals surface area contributed by atoms with Gasteiger partial charge in [0, 0.05) is 11.5 Å². The minimum Gasteiger partial charge on any atom is -0.481 e. The molecule has 2 rings (SSSR count). The summed E-state index contributed by atoms with van der Waals surface area (Å²) in [5, 5.41) is 12.0. The molecule has 0 aliphatic heterocycles. The summed E-state index contributed by atoms with van der Waals surface area (Å²) in [5.74, 6) is -0.224. The van der Waals surface area contributed by atoms with E-state index >= 15 is 0 Å². The van der Waals surface area contributed by atoms with Crippen molar-refractivity contribution in [2.45, 2.75) is 64.5 Å².